The summed E-state index contributed by atoms with van der Waals surface area (Å²) in [6.45, 7) is 8.72. The van der Waals surface area contributed by atoms with Gasteiger partial charge >= 0.3 is 17.9 Å². The van der Waals surface area contributed by atoms with Crippen molar-refractivity contribution in [2.75, 3.05) is 67.4 Å². The lowest BCUT2D eigenvalue weighted by molar-refractivity contribution is -0.243. The standard InChI is InChI=1S/C47H62N4O9S/c1-9-43(55)23-28-24-46(41(53)58-6,37-30(14-18-50(25-28)26-43)31-20-29(61-8)12-13-34(31)48-37)33-21-32-35(22-36(33)57-5)49(4)39-45(32)16-19-51-17-11-15-44(10-2,38(45)51)40(60-27(3)52)47(39,56)42(54)59-7/h11-13,15,20-22,28,33,36,38-40,48,55-56H,9-10,14,16-19,23-26H2,1-8H3/t28-,33?,36?,38+,39-,40-,43+,44-,45-,46+,47+/m1/s1. The number of hydrogen-bond donors (Lipinski definition) is 3. The van der Waals surface area contributed by atoms with Gasteiger partial charge in [0, 0.05) is 97.2 Å². The van der Waals surface area contributed by atoms with Crippen molar-refractivity contribution < 1.29 is 43.5 Å². The highest BCUT2D eigenvalue weighted by Gasteiger charge is 2.81. The number of ether oxygens (including phenoxy) is 4. The van der Waals surface area contributed by atoms with Crippen LogP contribution in [0.15, 0.2) is 58.7 Å². The maximum atomic E-state index is 15.5. The number of piperidine rings is 1. The Labute approximate surface area is 362 Å². The summed E-state index contributed by atoms with van der Waals surface area (Å²) in [7, 11) is 6.28. The van der Waals surface area contributed by atoms with E-state index >= 15 is 4.79 Å². The van der Waals surface area contributed by atoms with Crippen LogP contribution >= 0.6 is 11.8 Å². The van der Waals surface area contributed by atoms with Gasteiger partial charge in [0.05, 0.1) is 32.0 Å². The van der Waals surface area contributed by atoms with Crippen molar-refractivity contribution in [2.45, 2.75) is 105 Å². The Kier molecular flexibility index (Phi) is 10.5. The second-order valence-corrected chi connectivity index (χ2v) is 19.8. The average molecular weight is 859 g/mol. The summed E-state index contributed by atoms with van der Waals surface area (Å²) in [6, 6.07) is 5.22. The first-order valence-corrected chi connectivity index (χ1v) is 23.2. The van der Waals surface area contributed by atoms with Crippen LogP contribution in [-0.2, 0) is 45.2 Å². The lowest BCUT2D eigenvalue weighted by Gasteiger charge is -2.63. The Morgan fingerprint density at radius 3 is 2.44 bits per heavy atom. The molecule has 14 heteroatoms. The molecule has 9 rings (SSSR count). The fourth-order valence-electron chi connectivity index (χ4n) is 14.1. The van der Waals surface area contributed by atoms with Crippen LogP contribution in [0.1, 0.15) is 64.1 Å². The van der Waals surface area contributed by atoms with E-state index in [0.29, 0.717) is 58.2 Å². The second-order valence-electron chi connectivity index (χ2n) is 18.9. The molecular weight excluding hydrogens is 797 g/mol. The zero-order valence-electron chi connectivity index (χ0n) is 36.8. The van der Waals surface area contributed by atoms with E-state index in [4.69, 9.17) is 18.9 Å². The Morgan fingerprint density at radius 1 is 1.00 bits per heavy atom. The van der Waals surface area contributed by atoms with E-state index in [2.05, 4.69) is 63.5 Å². The first-order valence-electron chi connectivity index (χ1n) is 22.0. The third kappa shape index (κ3) is 5.73. The number of H-pyrrole nitrogens is 1. The van der Waals surface area contributed by atoms with Gasteiger partial charge < -0.3 is 39.0 Å². The fraction of sp³-hybridized carbons (Fsp3) is 0.638. The number of esters is 3. The number of methoxy groups -OCH3 is 3. The predicted octanol–water partition coefficient (Wildman–Crippen LogP) is 4.36. The molecule has 3 N–H and O–H groups in total. The normalized spacial score (nSPS) is 40.0. The quantitative estimate of drug-likeness (QED) is 0.149. The van der Waals surface area contributed by atoms with Crippen LogP contribution in [0.5, 0.6) is 0 Å². The average Bonchev–Trinajstić information content (AvgIpc) is 3.92. The minimum Gasteiger partial charge on any atom is -0.468 e. The molecule has 3 unspecified atom stereocenters. The van der Waals surface area contributed by atoms with Gasteiger partial charge in [0.2, 0.25) is 5.60 Å². The number of nitrogens with one attached hydrogen (secondary N) is 1. The van der Waals surface area contributed by atoms with Crippen LogP contribution in [0.4, 0.5) is 0 Å². The number of benzene rings is 1. The van der Waals surface area contributed by atoms with Gasteiger partial charge in [-0.25, -0.2) is 4.79 Å². The summed E-state index contributed by atoms with van der Waals surface area (Å²) < 4.78 is 24.2. The minimum atomic E-state index is -2.29. The molecular formula is C47H62N4O9S. The van der Waals surface area contributed by atoms with Crippen molar-refractivity contribution in [3.63, 3.8) is 0 Å². The van der Waals surface area contributed by atoms with Gasteiger partial charge in [-0.1, -0.05) is 32.1 Å². The van der Waals surface area contributed by atoms with Gasteiger partial charge in [-0.2, -0.15) is 0 Å². The van der Waals surface area contributed by atoms with E-state index in [-0.39, 0.29) is 17.9 Å². The van der Waals surface area contributed by atoms with Crippen molar-refractivity contribution in [3.8, 4) is 0 Å². The van der Waals surface area contributed by atoms with E-state index in [1.165, 1.54) is 21.1 Å². The van der Waals surface area contributed by atoms with Crippen LogP contribution < -0.4 is 0 Å². The number of carbonyl (C=O) groups is 3. The molecule has 1 aromatic carbocycles. The zero-order chi connectivity index (χ0) is 43.4. The Morgan fingerprint density at radius 2 is 1.77 bits per heavy atom. The topological polar surface area (TPSA) is 154 Å². The highest BCUT2D eigenvalue weighted by Crippen LogP contribution is 2.70. The molecule has 6 heterocycles. The van der Waals surface area contributed by atoms with Crippen LogP contribution in [0.3, 0.4) is 0 Å². The van der Waals surface area contributed by atoms with Gasteiger partial charge in [0.1, 0.15) is 5.41 Å². The molecule has 1 aromatic heterocycles. The zero-order valence-corrected chi connectivity index (χ0v) is 37.6. The van der Waals surface area contributed by atoms with Gasteiger partial charge in [-0.3, -0.25) is 19.4 Å². The van der Waals surface area contributed by atoms with E-state index in [9.17, 15) is 19.8 Å². The highest BCUT2D eigenvalue weighted by atomic mass is 32.2. The van der Waals surface area contributed by atoms with Crippen molar-refractivity contribution in [1.29, 1.82) is 0 Å². The number of fused-ring (bicyclic) bond motifs is 6. The number of carbonyl (C=O) groups excluding carboxylic acids is 3. The fourth-order valence-corrected chi connectivity index (χ4v) is 14.5. The smallest absolute Gasteiger partial charge is 0.344 e. The number of allylic oxidation sites excluding steroid dienone is 1. The third-order valence-electron chi connectivity index (χ3n) is 16.3. The Hall–Kier alpha value is -3.66. The number of aromatic nitrogens is 1. The summed E-state index contributed by atoms with van der Waals surface area (Å²) in [5, 5.41) is 26.5. The second kappa shape index (κ2) is 15.0. The maximum absolute atomic E-state index is 15.5. The third-order valence-corrected chi connectivity index (χ3v) is 17.0. The molecule has 12 atom stereocenters. The molecule has 0 amide bonds. The predicted molar refractivity (Wildman–Crippen MR) is 231 cm³/mol. The van der Waals surface area contributed by atoms with Crippen LogP contribution in [0, 0.1) is 22.7 Å². The highest BCUT2D eigenvalue weighted by molar-refractivity contribution is 7.98. The molecule has 2 aromatic rings. The van der Waals surface area contributed by atoms with Crippen molar-refractivity contribution in [1.82, 2.24) is 19.7 Å². The van der Waals surface area contributed by atoms with Crippen molar-refractivity contribution >= 4 is 40.6 Å². The Bertz CT molecular complexity index is 2240. The monoisotopic (exact) mass is 858 g/mol. The molecule has 2 bridgehead atoms. The number of rotatable bonds is 8. The molecule has 61 heavy (non-hydrogen) atoms. The van der Waals surface area contributed by atoms with Gasteiger partial charge in [-0.15, -0.1) is 11.8 Å². The first kappa shape index (κ1) is 42.6. The van der Waals surface area contributed by atoms with Gasteiger partial charge in [0.25, 0.3) is 0 Å². The molecule has 1 spiro atoms. The molecule has 7 aliphatic rings. The summed E-state index contributed by atoms with van der Waals surface area (Å²) in [5.41, 5.74) is -1.84. The number of likely N-dealkylation sites (N-methyl/N-ethyl adjacent to an activating group) is 1. The minimum absolute atomic E-state index is 0.0721. The molecule has 13 nitrogen and oxygen atoms in total. The summed E-state index contributed by atoms with van der Waals surface area (Å²) in [4.78, 5) is 54.7. The van der Waals surface area contributed by atoms with Crippen molar-refractivity contribution in [2.24, 2.45) is 22.7 Å². The van der Waals surface area contributed by atoms with Crippen LogP contribution in [0.2, 0.25) is 0 Å². The van der Waals surface area contributed by atoms with Gasteiger partial charge in [-0.05, 0) is 92.7 Å². The molecule has 0 radical (unpaired) electrons. The summed E-state index contributed by atoms with van der Waals surface area (Å²) in [6.07, 6.45) is 11.8. The van der Waals surface area contributed by atoms with Gasteiger partial charge in [0.15, 0.2) is 6.10 Å². The largest absolute Gasteiger partial charge is 0.468 e. The molecule has 2 aliphatic carbocycles. The summed E-state index contributed by atoms with van der Waals surface area (Å²) in [5.74, 6) is -2.54. The summed E-state index contributed by atoms with van der Waals surface area (Å²) >= 11 is 1.68. The molecule has 1 saturated carbocycles. The molecule has 5 aliphatic heterocycles. The number of thioether (sulfide) groups is 1. The van der Waals surface area contributed by atoms with E-state index in [0.717, 1.165) is 51.4 Å². The molecule has 4 fully saturated rings. The van der Waals surface area contributed by atoms with E-state index in [1.807, 2.05) is 25.8 Å². The van der Waals surface area contributed by atoms with Crippen LogP contribution in [-0.4, -0.2) is 151 Å². The first-order chi connectivity index (χ1) is 29.2. The lowest BCUT2D eigenvalue weighted by Crippen LogP contribution is -2.79. The van der Waals surface area contributed by atoms with Crippen LogP contribution in [0.25, 0.3) is 10.9 Å². The van der Waals surface area contributed by atoms with E-state index in [1.54, 1.807) is 18.9 Å². The lowest BCUT2D eigenvalue weighted by atomic mass is 9.47. The van der Waals surface area contributed by atoms with E-state index < -0.39 is 63.6 Å². The number of aliphatic hydroxyl groups is 2. The number of likely N-dealkylation sites (tertiary alicyclic amines) is 1. The van der Waals surface area contributed by atoms with Crippen molar-refractivity contribution in [3.05, 3.63) is 65.0 Å². The maximum Gasteiger partial charge on any atom is 0.344 e. The molecule has 3 saturated heterocycles. The Balaban J connectivity index is 1.34. The SMILES string of the molecule is CC[C@]1(O)C[C@H]2CN(CCc3c([nH]c4ccc(SC)cc34)[C@@](C(=O)OC)(C3C=C4C(=CC3OC)N(C)[C@H]3[C@@](O)(C(=O)OC)[C@H](OC(C)=O)[C@]5(CC)C=CCN6CC[C@]43[C@@H]65)C2)C1. The number of nitrogens with zero attached hydrogens (tertiary/aromatic N) is 3. The number of hydrogen-bond acceptors (Lipinski definition) is 13. The molecule has 330 valence electrons. The number of aromatic amines is 1.